The average molecular weight is 415 g/mol. The van der Waals surface area contributed by atoms with Crippen LogP contribution in [0.5, 0.6) is 5.19 Å². The average Bonchev–Trinajstić information content (AvgIpc) is 3.47. The van der Waals surface area contributed by atoms with E-state index in [1.165, 1.54) is 4.88 Å². The van der Waals surface area contributed by atoms with Crippen LogP contribution in [0.1, 0.15) is 30.2 Å². The fraction of sp³-hybridized carbons (Fsp3) is 0.400. The molecular formula is C20H22N4O2S2. The van der Waals surface area contributed by atoms with Gasteiger partial charge in [0.25, 0.3) is 5.19 Å². The monoisotopic (exact) mass is 414 g/mol. The van der Waals surface area contributed by atoms with Gasteiger partial charge in [-0.2, -0.15) is 0 Å². The minimum atomic E-state index is -0.158. The Hall–Kier alpha value is -2.00. The van der Waals surface area contributed by atoms with Crippen LogP contribution in [0.2, 0.25) is 0 Å². The Balaban J connectivity index is 1.14. The molecular weight excluding hydrogens is 392 g/mol. The molecule has 3 aromatic rings. The SMILES string of the molecule is O=C(C1CC(c2cccs2)NN1)N1CCC(Oc2nc3ccccc3s2)CC1. The molecule has 146 valence electrons. The predicted octanol–water partition coefficient (Wildman–Crippen LogP) is 3.34. The third kappa shape index (κ3) is 3.65. The highest BCUT2D eigenvalue weighted by molar-refractivity contribution is 7.20. The van der Waals surface area contributed by atoms with Gasteiger partial charge in [-0.05, 0) is 30.0 Å². The molecule has 0 spiro atoms. The molecule has 8 heteroatoms. The number of amides is 1. The van der Waals surface area contributed by atoms with Gasteiger partial charge in [0.15, 0.2) is 0 Å². The molecule has 2 aliphatic heterocycles. The maximum atomic E-state index is 12.9. The number of nitrogens with one attached hydrogen (secondary N) is 2. The number of rotatable bonds is 4. The number of likely N-dealkylation sites (tertiary alicyclic amines) is 1. The molecule has 0 bridgehead atoms. The van der Waals surface area contributed by atoms with E-state index in [4.69, 9.17) is 4.74 Å². The zero-order chi connectivity index (χ0) is 18.9. The summed E-state index contributed by atoms with van der Waals surface area (Å²) in [5.41, 5.74) is 7.43. The van der Waals surface area contributed by atoms with Crippen molar-refractivity contribution in [3.63, 3.8) is 0 Å². The van der Waals surface area contributed by atoms with Crippen molar-refractivity contribution in [1.82, 2.24) is 20.7 Å². The number of hydrazine groups is 1. The third-order valence-corrected chi connectivity index (χ3v) is 7.30. The normalized spacial score (nSPS) is 23.4. The van der Waals surface area contributed by atoms with Crippen molar-refractivity contribution in [3.8, 4) is 5.19 Å². The van der Waals surface area contributed by atoms with E-state index in [1.807, 2.05) is 29.2 Å². The number of ether oxygens (including phenoxy) is 1. The molecule has 2 N–H and O–H groups in total. The largest absolute Gasteiger partial charge is 0.467 e. The summed E-state index contributed by atoms with van der Waals surface area (Å²) < 4.78 is 7.25. The summed E-state index contributed by atoms with van der Waals surface area (Å²) in [6, 6.07) is 12.3. The van der Waals surface area contributed by atoms with Crippen molar-refractivity contribution in [1.29, 1.82) is 0 Å². The Bertz CT molecular complexity index is 917. The second-order valence-corrected chi connectivity index (χ2v) is 9.21. The first-order valence-electron chi connectivity index (χ1n) is 9.62. The molecule has 2 aromatic heterocycles. The van der Waals surface area contributed by atoms with Crippen LogP contribution in [-0.4, -0.2) is 41.0 Å². The fourth-order valence-electron chi connectivity index (χ4n) is 3.85. The molecule has 2 aliphatic rings. The van der Waals surface area contributed by atoms with Gasteiger partial charge < -0.3 is 9.64 Å². The van der Waals surface area contributed by atoms with Crippen molar-refractivity contribution >= 4 is 38.8 Å². The highest BCUT2D eigenvalue weighted by atomic mass is 32.1. The molecule has 0 saturated carbocycles. The van der Waals surface area contributed by atoms with E-state index in [2.05, 4.69) is 33.3 Å². The topological polar surface area (TPSA) is 66.5 Å². The number of thiophene rings is 1. The Kier molecular flexibility index (Phi) is 5.02. The summed E-state index contributed by atoms with van der Waals surface area (Å²) in [6.45, 7) is 1.46. The molecule has 1 aromatic carbocycles. The molecule has 2 saturated heterocycles. The minimum Gasteiger partial charge on any atom is -0.467 e. The molecule has 2 unspecified atom stereocenters. The van der Waals surface area contributed by atoms with E-state index >= 15 is 0 Å². The zero-order valence-electron chi connectivity index (χ0n) is 15.3. The summed E-state index contributed by atoms with van der Waals surface area (Å²) in [6.07, 6.45) is 2.60. The lowest BCUT2D eigenvalue weighted by Gasteiger charge is -2.33. The fourth-order valence-corrected chi connectivity index (χ4v) is 5.52. The number of benzene rings is 1. The predicted molar refractivity (Wildman–Crippen MR) is 112 cm³/mol. The first-order valence-corrected chi connectivity index (χ1v) is 11.3. The van der Waals surface area contributed by atoms with Gasteiger partial charge in [0, 0.05) is 30.8 Å². The van der Waals surface area contributed by atoms with E-state index < -0.39 is 0 Å². The number of aromatic nitrogens is 1. The molecule has 1 amide bonds. The van der Waals surface area contributed by atoms with E-state index in [0.29, 0.717) is 0 Å². The van der Waals surface area contributed by atoms with E-state index in [9.17, 15) is 4.79 Å². The van der Waals surface area contributed by atoms with Gasteiger partial charge >= 0.3 is 0 Å². The number of fused-ring (bicyclic) bond motifs is 1. The summed E-state index contributed by atoms with van der Waals surface area (Å²) in [7, 11) is 0. The number of carbonyl (C=O) groups is 1. The molecule has 6 nitrogen and oxygen atoms in total. The quantitative estimate of drug-likeness (QED) is 0.686. The van der Waals surface area contributed by atoms with Crippen LogP contribution in [0.15, 0.2) is 41.8 Å². The van der Waals surface area contributed by atoms with Gasteiger partial charge in [-0.1, -0.05) is 29.5 Å². The number of hydrogen-bond donors (Lipinski definition) is 2. The lowest BCUT2D eigenvalue weighted by atomic mass is 10.0. The Morgan fingerprint density at radius 2 is 2.00 bits per heavy atom. The maximum absolute atomic E-state index is 12.9. The van der Waals surface area contributed by atoms with Crippen LogP contribution in [-0.2, 0) is 4.79 Å². The van der Waals surface area contributed by atoms with E-state index in [1.54, 1.807) is 22.7 Å². The number of nitrogens with zero attached hydrogens (tertiary/aromatic N) is 2. The van der Waals surface area contributed by atoms with Crippen LogP contribution >= 0.6 is 22.7 Å². The number of para-hydroxylation sites is 1. The molecule has 2 atom stereocenters. The Morgan fingerprint density at radius 3 is 2.79 bits per heavy atom. The summed E-state index contributed by atoms with van der Waals surface area (Å²) >= 11 is 3.31. The highest BCUT2D eigenvalue weighted by Crippen LogP contribution is 2.30. The van der Waals surface area contributed by atoms with Crippen LogP contribution in [0.25, 0.3) is 10.2 Å². The van der Waals surface area contributed by atoms with Crippen LogP contribution in [0.3, 0.4) is 0 Å². The minimum absolute atomic E-state index is 0.123. The zero-order valence-corrected chi connectivity index (χ0v) is 17.0. The maximum Gasteiger partial charge on any atom is 0.274 e. The highest BCUT2D eigenvalue weighted by Gasteiger charge is 2.35. The second-order valence-electron chi connectivity index (χ2n) is 7.23. The van der Waals surface area contributed by atoms with Gasteiger partial charge in [0.1, 0.15) is 12.1 Å². The van der Waals surface area contributed by atoms with Crippen LogP contribution in [0, 0.1) is 0 Å². The molecule has 0 aliphatic carbocycles. The number of thiazole rings is 1. The van der Waals surface area contributed by atoms with E-state index in [0.717, 1.165) is 47.8 Å². The number of hydrogen-bond acceptors (Lipinski definition) is 7. The van der Waals surface area contributed by atoms with Gasteiger partial charge in [-0.3, -0.25) is 4.79 Å². The Morgan fingerprint density at radius 1 is 1.14 bits per heavy atom. The molecule has 5 rings (SSSR count). The van der Waals surface area contributed by atoms with Gasteiger partial charge in [-0.15, -0.1) is 11.3 Å². The molecule has 2 fully saturated rings. The van der Waals surface area contributed by atoms with Crippen molar-refractivity contribution in [2.45, 2.75) is 37.5 Å². The first kappa shape index (κ1) is 18.1. The first-order chi connectivity index (χ1) is 13.8. The van der Waals surface area contributed by atoms with Crippen molar-refractivity contribution in [2.24, 2.45) is 0 Å². The van der Waals surface area contributed by atoms with Crippen molar-refractivity contribution < 1.29 is 9.53 Å². The van der Waals surface area contributed by atoms with E-state index in [-0.39, 0.29) is 24.1 Å². The molecule has 4 heterocycles. The van der Waals surface area contributed by atoms with Crippen LogP contribution < -0.4 is 15.6 Å². The van der Waals surface area contributed by atoms with Crippen LogP contribution in [0.4, 0.5) is 0 Å². The van der Waals surface area contributed by atoms with Crippen molar-refractivity contribution in [3.05, 3.63) is 46.7 Å². The summed E-state index contributed by atoms with van der Waals surface area (Å²) in [4.78, 5) is 20.7. The number of carbonyl (C=O) groups excluding carboxylic acids is 1. The molecule has 28 heavy (non-hydrogen) atoms. The summed E-state index contributed by atoms with van der Waals surface area (Å²) in [5, 5.41) is 2.80. The van der Waals surface area contributed by atoms with Gasteiger partial charge in [-0.25, -0.2) is 15.8 Å². The summed E-state index contributed by atoms with van der Waals surface area (Å²) in [5.74, 6) is 0.185. The standard InChI is InChI=1S/C20H22N4O2S2/c25-19(16-12-15(22-23-16)17-6-3-11-27-17)24-9-7-13(8-10-24)26-20-21-14-4-1-2-5-18(14)28-20/h1-6,11,13,15-16,22-23H,7-10,12H2. The molecule has 0 radical (unpaired) electrons. The van der Waals surface area contributed by atoms with Crippen molar-refractivity contribution in [2.75, 3.05) is 13.1 Å². The van der Waals surface area contributed by atoms with Gasteiger partial charge in [0.2, 0.25) is 5.91 Å². The smallest absolute Gasteiger partial charge is 0.274 e. The number of piperidine rings is 1. The van der Waals surface area contributed by atoms with Gasteiger partial charge in [0.05, 0.1) is 16.3 Å². The lowest BCUT2D eigenvalue weighted by Crippen LogP contribution is -2.49. The third-order valence-electron chi connectivity index (χ3n) is 5.38. The Labute approximate surface area is 171 Å². The second kappa shape index (κ2) is 7.79. The lowest BCUT2D eigenvalue weighted by molar-refractivity contribution is -0.135.